The zero-order valence-corrected chi connectivity index (χ0v) is 9.23. The maximum Gasteiger partial charge on any atom is 0.303 e. The van der Waals surface area contributed by atoms with Gasteiger partial charge in [-0.3, -0.25) is 9.78 Å². The van der Waals surface area contributed by atoms with Crippen molar-refractivity contribution in [2.75, 3.05) is 0 Å². The third-order valence-electron chi connectivity index (χ3n) is 2.37. The van der Waals surface area contributed by atoms with Gasteiger partial charge in [0.05, 0.1) is 0 Å². The topological polar surface area (TPSA) is 50.2 Å². The number of aromatic nitrogens is 1. The van der Waals surface area contributed by atoms with Crippen molar-refractivity contribution < 1.29 is 9.90 Å². The summed E-state index contributed by atoms with van der Waals surface area (Å²) in [6.07, 6.45) is 3.79. The molecule has 0 fully saturated rings. The number of carbonyl (C=O) groups is 1. The lowest BCUT2D eigenvalue weighted by Crippen LogP contribution is -2.08. The molecule has 0 radical (unpaired) electrons. The van der Waals surface area contributed by atoms with Crippen molar-refractivity contribution in [2.24, 2.45) is 5.92 Å². The van der Waals surface area contributed by atoms with Gasteiger partial charge in [0.15, 0.2) is 0 Å². The van der Waals surface area contributed by atoms with Gasteiger partial charge in [0.2, 0.25) is 0 Å². The van der Waals surface area contributed by atoms with E-state index in [0.717, 1.165) is 18.5 Å². The Morgan fingerprint density at radius 1 is 1.53 bits per heavy atom. The minimum Gasteiger partial charge on any atom is -0.481 e. The van der Waals surface area contributed by atoms with E-state index in [2.05, 4.69) is 18.0 Å². The van der Waals surface area contributed by atoms with Gasteiger partial charge in [-0.2, -0.15) is 0 Å². The van der Waals surface area contributed by atoms with E-state index in [4.69, 9.17) is 5.11 Å². The van der Waals surface area contributed by atoms with E-state index in [9.17, 15) is 4.79 Å². The summed E-state index contributed by atoms with van der Waals surface area (Å²) in [5.74, 6) is -0.602. The van der Waals surface area contributed by atoms with Gasteiger partial charge >= 0.3 is 5.97 Å². The molecule has 3 heteroatoms. The zero-order valence-electron chi connectivity index (χ0n) is 9.23. The Hall–Kier alpha value is -1.38. The van der Waals surface area contributed by atoms with Crippen LogP contribution in [0.15, 0.2) is 18.3 Å². The summed E-state index contributed by atoms with van der Waals surface area (Å²) in [7, 11) is 0. The first kappa shape index (κ1) is 11.7. The molecule has 0 amide bonds. The Kier molecular flexibility index (Phi) is 4.28. The molecule has 0 saturated carbocycles. The number of pyridine rings is 1. The molecule has 0 spiro atoms. The Labute approximate surface area is 90.2 Å². The van der Waals surface area contributed by atoms with Crippen molar-refractivity contribution in [3.8, 4) is 0 Å². The van der Waals surface area contributed by atoms with Crippen molar-refractivity contribution in [1.82, 2.24) is 4.98 Å². The first-order chi connectivity index (χ1) is 7.11. The van der Waals surface area contributed by atoms with Gasteiger partial charge < -0.3 is 5.11 Å². The maximum atomic E-state index is 10.5. The van der Waals surface area contributed by atoms with Crippen LogP contribution in [0.2, 0.25) is 0 Å². The SMILES string of the molecule is CCc1ccc(CC(C)CC(=O)O)nc1. The summed E-state index contributed by atoms with van der Waals surface area (Å²) in [5, 5.41) is 8.62. The number of hydrogen-bond donors (Lipinski definition) is 1. The first-order valence-corrected chi connectivity index (χ1v) is 5.27. The van der Waals surface area contributed by atoms with Gasteiger partial charge in [-0.05, 0) is 30.4 Å². The smallest absolute Gasteiger partial charge is 0.303 e. The van der Waals surface area contributed by atoms with E-state index in [0.29, 0.717) is 0 Å². The largest absolute Gasteiger partial charge is 0.481 e. The van der Waals surface area contributed by atoms with Crippen LogP contribution in [0.25, 0.3) is 0 Å². The van der Waals surface area contributed by atoms with Gasteiger partial charge in [0.1, 0.15) is 0 Å². The summed E-state index contributed by atoms with van der Waals surface area (Å²) in [6, 6.07) is 4.03. The number of rotatable bonds is 5. The molecule has 1 rings (SSSR count). The molecule has 0 aliphatic rings. The standard InChI is InChI=1S/C12H17NO2/c1-3-10-4-5-11(13-8-10)6-9(2)7-12(14)15/h4-5,8-9H,3,6-7H2,1-2H3,(H,14,15). The van der Waals surface area contributed by atoms with Crippen LogP contribution in [0.5, 0.6) is 0 Å². The van der Waals surface area contributed by atoms with E-state index >= 15 is 0 Å². The van der Waals surface area contributed by atoms with Crippen molar-refractivity contribution in [2.45, 2.75) is 33.1 Å². The minimum atomic E-state index is -0.743. The molecule has 1 unspecified atom stereocenters. The molecule has 1 aromatic rings. The molecular formula is C12H17NO2. The van der Waals surface area contributed by atoms with Crippen LogP contribution in [0.3, 0.4) is 0 Å². The number of aliphatic carboxylic acids is 1. The fourth-order valence-corrected chi connectivity index (χ4v) is 1.51. The van der Waals surface area contributed by atoms with Gasteiger partial charge in [0.25, 0.3) is 0 Å². The Bertz CT molecular complexity index is 319. The summed E-state index contributed by atoms with van der Waals surface area (Å²) in [5.41, 5.74) is 2.19. The van der Waals surface area contributed by atoms with Crippen molar-refractivity contribution in [1.29, 1.82) is 0 Å². The van der Waals surface area contributed by atoms with E-state index < -0.39 is 5.97 Å². The van der Waals surface area contributed by atoms with Crippen molar-refractivity contribution in [3.63, 3.8) is 0 Å². The molecule has 15 heavy (non-hydrogen) atoms. The molecule has 1 aromatic heterocycles. The highest BCUT2D eigenvalue weighted by Gasteiger charge is 2.08. The monoisotopic (exact) mass is 207 g/mol. The normalized spacial score (nSPS) is 12.4. The molecule has 82 valence electrons. The van der Waals surface area contributed by atoms with Gasteiger partial charge in [-0.1, -0.05) is 19.9 Å². The van der Waals surface area contributed by atoms with E-state index in [-0.39, 0.29) is 12.3 Å². The molecule has 0 bridgehead atoms. The second-order valence-corrected chi connectivity index (χ2v) is 3.92. The van der Waals surface area contributed by atoms with Crippen LogP contribution in [-0.2, 0) is 17.6 Å². The molecule has 1 heterocycles. The van der Waals surface area contributed by atoms with E-state index in [1.807, 2.05) is 19.2 Å². The van der Waals surface area contributed by atoms with Crippen LogP contribution in [-0.4, -0.2) is 16.1 Å². The Morgan fingerprint density at radius 2 is 2.27 bits per heavy atom. The zero-order chi connectivity index (χ0) is 11.3. The minimum absolute atomic E-state index is 0.141. The molecular weight excluding hydrogens is 190 g/mol. The van der Waals surface area contributed by atoms with Crippen LogP contribution in [0.1, 0.15) is 31.5 Å². The van der Waals surface area contributed by atoms with E-state index in [1.54, 1.807) is 0 Å². The molecule has 1 atom stereocenters. The first-order valence-electron chi connectivity index (χ1n) is 5.27. The average Bonchev–Trinajstić information content (AvgIpc) is 2.17. The highest BCUT2D eigenvalue weighted by atomic mass is 16.4. The number of carboxylic acids is 1. The van der Waals surface area contributed by atoms with Crippen LogP contribution in [0.4, 0.5) is 0 Å². The molecule has 3 nitrogen and oxygen atoms in total. The Morgan fingerprint density at radius 3 is 2.73 bits per heavy atom. The summed E-state index contributed by atoms with van der Waals surface area (Å²) >= 11 is 0. The Balaban J connectivity index is 2.53. The predicted molar refractivity (Wildman–Crippen MR) is 58.7 cm³/mol. The van der Waals surface area contributed by atoms with Crippen LogP contribution < -0.4 is 0 Å². The lowest BCUT2D eigenvalue weighted by Gasteiger charge is -2.07. The quantitative estimate of drug-likeness (QED) is 0.806. The number of hydrogen-bond acceptors (Lipinski definition) is 2. The van der Waals surface area contributed by atoms with E-state index in [1.165, 1.54) is 5.56 Å². The van der Waals surface area contributed by atoms with Crippen LogP contribution >= 0.6 is 0 Å². The third kappa shape index (κ3) is 4.11. The maximum absolute atomic E-state index is 10.5. The summed E-state index contributed by atoms with van der Waals surface area (Å²) in [6.45, 7) is 4.02. The van der Waals surface area contributed by atoms with Gasteiger partial charge in [-0.15, -0.1) is 0 Å². The highest BCUT2D eigenvalue weighted by molar-refractivity contribution is 5.66. The molecule has 1 N–H and O–H groups in total. The summed E-state index contributed by atoms with van der Waals surface area (Å²) in [4.78, 5) is 14.8. The fourth-order valence-electron chi connectivity index (χ4n) is 1.51. The number of aryl methyl sites for hydroxylation is 1. The summed E-state index contributed by atoms with van der Waals surface area (Å²) < 4.78 is 0. The van der Waals surface area contributed by atoms with Gasteiger partial charge in [-0.25, -0.2) is 0 Å². The van der Waals surface area contributed by atoms with Crippen molar-refractivity contribution >= 4 is 5.97 Å². The second kappa shape index (κ2) is 5.49. The van der Waals surface area contributed by atoms with Gasteiger partial charge in [0, 0.05) is 18.3 Å². The molecule has 0 aliphatic heterocycles. The average molecular weight is 207 g/mol. The van der Waals surface area contributed by atoms with Crippen molar-refractivity contribution in [3.05, 3.63) is 29.6 Å². The lowest BCUT2D eigenvalue weighted by atomic mass is 10.0. The second-order valence-electron chi connectivity index (χ2n) is 3.92. The fraction of sp³-hybridized carbons (Fsp3) is 0.500. The highest BCUT2D eigenvalue weighted by Crippen LogP contribution is 2.10. The number of nitrogens with zero attached hydrogens (tertiary/aromatic N) is 1. The predicted octanol–water partition coefficient (Wildman–Crippen LogP) is 2.30. The molecule has 0 aliphatic carbocycles. The third-order valence-corrected chi connectivity index (χ3v) is 2.37. The molecule has 0 aromatic carbocycles. The molecule has 0 saturated heterocycles. The number of carboxylic acid groups (broad SMARTS) is 1. The van der Waals surface area contributed by atoms with Crippen LogP contribution in [0, 0.1) is 5.92 Å². The lowest BCUT2D eigenvalue weighted by molar-refractivity contribution is -0.137.